The number of hydrogen-bond donors (Lipinski definition) is 0. The highest BCUT2D eigenvalue weighted by Crippen LogP contribution is 2.41. The Morgan fingerprint density at radius 2 is 1.97 bits per heavy atom. The van der Waals surface area contributed by atoms with E-state index in [1.165, 1.54) is 4.88 Å². The van der Waals surface area contributed by atoms with Gasteiger partial charge in [0.15, 0.2) is 0 Å². The summed E-state index contributed by atoms with van der Waals surface area (Å²) in [5.41, 5.74) is 1.98. The maximum Gasteiger partial charge on any atom is 0.243 e. The number of amides is 2. The lowest BCUT2D eigenvalue weighted by atomic mass is 9.93. The number of halogens is 2. The minimum Gasteiger partial charge on any atom is -0.331 e. The molecule has 2 heterocycles. The van der Waals surface area contributed by atoms with Crippen molar-refractivity contribution in [3.05, 3.63) is 55.7 Å². The van der Waals surface area contributed by atoms with Crippen molar-refractivity contribution in [3.63, 3.8) is 0 Å². The number of fused-ring (bicyclic) bond motifs is 1. The number of thiophene rings is 1. The van der Waals surface area contributed by atoms with E-state index in [1.807, 2.05) is 24.0 Å². The maximum atomic E-state index is 13.6. The second-order valence-corrected chi connectivity index (χ2v) is 10.3. The van der Waals surface area contributed by atoms with Gasteiger partial charge in [0.2, 0.25) is 11.8 Å². The molecule has 0 radical (unpaired) electrons. The van der Waals surface area contributed by atoms with Crippen molar-refractivity contribution in [2.24, 2.45) is 0 Å². The van der Waals surface area contributed by atoms with Crippen LogP contribution in [0.5, 0.6) is 0 Å². The highest BCUT2D eigenvalue weighted by atomic mass is 35.5. The largest absolute Gasteiger partial charge is 0.331 e. The average Bonchev–Trinajstić information content (AvgIpc) is 3.25. The van der Waals surface area contributed by atoms with Crippen LogP contribution in [0.3, 0.4) is 0 Å². The molecule has 2 unspecified atom stereocenters. The third kappa shape index (κ3) is 5.67. The Balaban J connectivity index is 1.88. The van der Waals surface area contributed by atoms with Gasteiger partial charge in [0.25, 0.3) is 0 Å². The Morgan fingerprint density at radius 3 is 2.66 bits per heavy atom. The molecule has 0 fully saturated rings. The van der Waals surface area contributed by atoms with Crippen LogP contribution in [0.2, 0.25) is 10.0 Å². The van der Waals surface area contributed by atoms with Gasteiger partial charge < -0.3 is 9.80 Å². The highest BCUT2D eigenvalue weighted by molar-refractivity contribution is 7.10. The van der Waals surface area contributed by atoms with Crippen LogP contribution in [-0.4, -0.2) is 40.7 Å². The Hall–Kier alpha value is -1.56. The number of nitrogens with zero attached hydrogens (tertiary/aromatic N) is 2. The summed E-state index contributed by atoms with van der Waals surface area (Å²) in [4.78, 5) is 31.5. The lowest BCUT2D eigenvalue weighted by molar-refractivity contribution is -0.143. The van der Waals surface area contributed by atoms with Crippen LogP contribution < -0.4 is 0 Å². The molecule has 32 heavy (non-hydrogen) atoms. The molecule has 2 aromatic rings. The number of unbranched alkanes of at least 4 members (excludes halogenated alkanes) is 2. The molecule has 3 rings (SSSR count). The van der Waals surface area contributed by atoms with E-state index in [4.69, 9.17) is 23.2 Å². The monoisotopic (exact) mass is 494 g/mol. The standard InChI is InChI=1S/C25H32Cl2N2O2S/c1-4-6-7-8-23(30)29(17(3)5-2)16-24(31)28-13-11-22-20(12-14-32-22)25(28)19-10-9-18(26)15-21(19)27/h9-10,12,14-15,17,25H,4-8,11,13,16H2,1-3H3. The van der Waals surface area contributed by atoms with Crippen molar-refractivity contribution in [2.45, 2.75) is 71.4 Å². The highest BCUT2D eigenvalue weighted by Gasteiger charge is 2.35. The van der Waals surface area contributed by atoms with E-state index in [-0.39, 0.29) is 30.4 Å². The van der Waals surface area contributed by atoms with Gasteiger partial charge in [-0.15, -0.1) is 11.3 Å². The third-order valence-corrected chi connectivity index (χ3v) is 7.85. The van der Waals surface area contributed by atoms with Crippen LogP contribution in [-0.2, 0) is 16.0 Å². The van der Waals surface area contributed by atoms with Crippen molar-refractivity contribution in [3.8, 4) is 0 Å². The molecule has 0 bridgehead atoms. The summed E-state index contributed by atoms with van der Waals surface area (Å²) in [6, 6.07) is 7.28. The number of carbonyl (C=O) groups excluding carboxylic acids is 2. The summed E-state index contributed by atoms with van der Waals surface area (Å²) >= 11 is 14.4. The summed E-state index contributed by atoms with van der Waals surface area (Å²) in [6.45, 7) is 6.90. The second-order valence-electron chi connectivity index (χ2n) is 8.44. The smallest absolute Gasteiger partial charge is 0.243 e. The van der Waals surface area contributed by atoms with Gasteiger partial charge in [0.05, 0.1) is 6.04 Å². The molecule has 0 saturated carbocycles. The number of hydrogen-bond acceptors (Lipinski definition) is 3. The van der Waals surface area contributed by atoms with Crippen molar-refractivity contribution >= 4 is 46.4 Å². The molecule has 1 aromatic heterocycles. The molecule has 1 aromatic carbocycles. The first-order chi connectivity index (χ1) is 15.4. The normalized spacial score (nSPS) is 16.5. The van der Waals surface area contributed by atoms with Crippen LogP contribution in [0, 0.1) is 0 Å². The van der Waals surface area contributed by atoms with Crippen LogP contribution in [0.4, 0.5) is 0 Å². The molecular weight excluding hydrogens is 463 g/mol. The molecule has 0 aliphatic carbocycles. The van der Waals surface area contributed by atoms with Gasteiger partial charge in [-0.3, -0.25) is 9.59 Å². The van der Waals surface area contributed by atoms with Crippen molar-refractivity contribution < 1.29 is 9.59 Å². The van der Waals surface area contributed by atoms with E-state index in [9.17, 15) is 9.59 Å². The first-order valence-electron chi connectivity index (χ1n) is 11.5. The molecule has 7 heteroatoms. The molecule has 1 aliphatic rings. The zero-order valence-electron chi connectivity index (χ0n) is 19.1. The first kappa shape index (κ1) is 25.1. The minimum absolute atomic E-state index is 0.0205. The molecule has 2 amide bonds. The van der Waals surface area contributed by atoms with Gasteiger partial charge in [-0.05, 0) is 60.9 Å². The number of rotatable bonds is 9. The Morgan fingerprint density at radius 1 is 1.19 bits per heavy atom. The van der Waals surface area contributed by atoms with Crippen molar-refractivity contribution in [1.29, 1.82) is 0 Å². The third-order valence-electron chi connectivity index (χ3n) is 6.29. The molecule has 0 spiro atoms. The summed E-state index contributed by atoms with van der Waals surface area (Å²) in [7, 11) is 0. The Bertz CT molecular complexity index is 946. The van der Waals surface area contributed by atoms with Gasteiger partial charge in [0, 0.05) is 33.9 Å². The van der Waals surface area contributed by atoms with E-state index < -0.39 is 0 Å². The maximum absolute atomic E-state index is 13.6. The van der Waals surface area contributed by atoms with E-state index in [2.05, 4.69) is 25.3 Å². The summed E-state index contributed by atoms with van der Waals surface area (Å²) < 4.78 is 0. The summed E-state index contributed by atoms with van der Waals surface area (Å²) in [5.74, 6) is 0.0254. The quantitative estimate of drug-likeness (QED) is 0.362. The topological polar surface area (TPSA) is 40.6 Å². The predicted molar refractivity (Wildman–Crippen MR) is 134 cm³/mol. The van der Waals surface area contributed by atoms with Gasteiger partial charge >= 0.3 is 0 Å². The Labute approximate surface area is 205 Å². The number of carbonyl (C=O) groups is 2. The minimum atomic E-state index is -0.267. The van der Waals surface area contributed by atoms with Gasteiger partial charge in [-0.2, -0.15) is 0 Å². The molecule has 1 aliphatic heterocycles. The van der Waals surface area contributed by atoms with E-state index in [0.29, 0.717) is 23.0 Å². The zero-order valence-corrected chi connectivity index (χ0v) is 21.4. The average molecular weight is 496 g/mol. The lowest BCUT2D eigenvalue weighted by Gasteiger charge is -2.39. The lowest BCUT2D eigenvalue weighted by Crippen LogP contribution is -2.49. The SMILES string of the molecule is CCCCCC(=O)N(CC(=O)N1CCc2sccc2C1c1ccc(Cl)cc1Cl)C(C)CC. The van der Waals surface area contributed by atoms with E-state index in [0.717, 1.165) is 43.2 Å². The Kier molecular flexibility index (Phi) is 9.04. The zero-order chi connectivity index (χ0) is 23.3. The molecular formula is C25H32Cl2N2O2S. The van der Waals surface area contributed by atoms with Gasteiger partial charge in [-0.1, -0.05) is 56.0 Å². The fraction of sp³-hybridized carbons (Fsp3) is 0.520. The van der Waals surface area contributed by atoms with Crippen LogP contribution in [0.1, 0.15) is 74.9 Å². The second kappa shape index (κ2) is 11.5. The molecule has 0 N–H and O–H groups in total. The summed E-state index contributed by atoms with van der Waals surface area (Å²) in [5, 5.41) is 3.19. The predicted octanol–water partition coefficient (Wildman–Crippen LogP) is 6.74. The molecule has 174 valence electrons. The first-order valence-corrected chi connectivity index (χ1v) is 13.1. The van der Waals surface area contributed by atoms with E-state index >= 15 is 0 Å². The molecule has 2 atom stereocenters. The number of benzene rings is 1. The molecule has 4 nitrogen and oxygen atoms in total. The fourth-order valence-corrected chi connectivity index (χ4v) is 5.68. The van der Waals surface area contributed by atoms with Crippen LogP contribution >= 0.6 is 34.5 Å². The van der Waals surface area contributed by atoms with Crippen LogP contribution in [0.25, 0.3) is 0 Å². The van der Waals surface area contributed by atoms with Gasteiger partial charge in [0.1, 0.15) is 6.54 Å². The van der Waals surface area contributed by atoms with Crippen LogP contribution in [0.15, 0.2) is 29.6 Å². The van der Waals surface area contributed by atoms with E-state index in [1.54, 1.807) is 22.3 Å². The fourth-order valence-electron chi connectivity index (χ4n) is 4.26. The van der Waals surface area contributed by atoms with Crippen molar-refractivity contribution in [1.82, 2.24) is 9.80 Å². The van der Waals surface area contributed by atoms with Crippen molar-refractivity contribution in [2.75, 3.05) is 13.1 Å². The molecule has 0 saturated heterocycles. The summed E-state index contributed by atoms with van der Waals surface area (Å²) in [6.07, 6.45) is 5.07. The van der Waals surface area contributed by atoms with Gasteiger partial charge in [-0.25, -0.2) is 0 Å².